The molecule has 0 aliphatic carbocycles. The summed E-state index contributed by atoms with van der Waals surface area (Å²) in [5.41, 5.74) is 0.728. The molecule has 0 amide bonds. The molecule has 0 aromatic heterocycles. The topological polar surface area (TPSA) is 60.8 Å². The first kappa shape index (κ1) is 12.4. The lowest BCUT2D eigenvalue weighted by Crippen LogP contribution is -2.30. The van der Waals surface area contributed by atoms with E-state index >= 15 is 0 Å². The summed E-state index contributed by atoms with van der Waals surface area (Å²) in [7, 11) is 1.71. The standard InChI is InChI=1S/C11H14FNO3/c1-13(7-10(14)6-11(15)16)9-4-2-8(12)3-5-9/h2-5,10,14H,6-7H2,1H3,(H,15,16). The molecule has 5 heteroatoms. The number of nitrogens with zero attached hydrogens (tertiary/aromatic N) is 1. The largest absolute Gasteiger partial charge is 0.481 e. The number of rotatable bonds is 5. The summed E-state index contributed by atoms with van der Waals surface area (Å²) in [6.45, 7) is 0.192. The predicted molar refractivity (Wildman–Crippen MR) is 57.9 cm³/mol. The average molecular weight is 227 g/mol. The van der Waals surface area contributed by atoms with Gasteiger partial charge in [-0.2, -0.15) is 0 Å². The Morgan fingerprint density at radius 1 is 1.44 bits per heavy atom. The Labute approximate surface area is 92.9 Å². The Bertz CT molecular complexity index is 353. The van der Waals surface area contributed by atoms with Crippen LogP contribution in [0.25, 0.3) is 0 Å². The van der Waals surface area contributed by atoms with Gasteiger partial charge in [0.25, 0.3) is 0 Å². The number of likely N-dealkylation sites (N-methyl/N-ethyl adjacent to an activating group) is 1. The normalized spacial score (nSPS) is 12.2. The van der Waals surface area contributed by atoms with Gasteiger partial charge < -0.3 is 15.1 Å². The highest BCUT2D eigenvalue weighted by molar-refractivity contribution is 5.67. The van der Waals surface area contributed by atoms with Crippen molar-refractivity contribution in [1.29, 1.82) is 0 Å². The number of carboxylic acids is 1. The lowest BCUT2D eigenvalue weighted by molar-refractivity contribution is -0.139. The van der Waals surface area contributed by atoms with Crippen LogP contribution in [0.1, 0.15) is 6.42 Å². The second kappa shape index (κ2) is 5.46. The van der Waals surface area contributed by atoms with Crippen molar-refractivity contribution in [3.05, 3.63) is 30.1 Å². The van der Waals surface area contributed by atoms with Gasteiger partial charge in [-0.25, -0.2) is 4.39 Å². The van der Waals surface area contributed by atoms with Crippen molar-refractivity contribution in [2.45, 2.75) is 12.5 Å². The smallest absolute Gasteiger partial charge is 0.306 e. The van der Waals surface area contributed by atoms with Gasteiger partial charge in [-0.3, -0.25) is 4.79 Å². The maximum Gasteiger partial charge on any atom is 0.306 e. The molecule has 0 aliphatic rings. The van der Waals surface area contributed by atoms with Gasteiger partial charge in [0.1, 0.15) is 5.82 Å². The van der Waals surface area contributed by atoms with E-state index in [0.29, 0.717) is 0 Å². The van der Waals surface area contributed by atoms with Gasteiger partial charge in [-0.15, -0.1) is 0 Å². The third kappa shape index (κ3) is 3.86. The number of carboxylic acid groups (broad SMARTS) is 1. The number of hydrogen-bond donors (Lipinski definition) is 2. The summed E-state index contributed by atoms with van der Waals surface area (Å²) < 4.78 is 12.6. The van der Waals surface area contributed by atoms with Crippen LogP contribution in [0.4, 0.5) is 10.1 Å². The molecule has 0 aliphatic heterocycles. The minimum Gasteiger partial charge on any atom is -0.481 e. The van der Waals surface area contributed by atoms with Crippen molar-refractivity contribution in [1.82, 2.24) is 0 Å². The highest BCUT2D eigenvalue weighted by Gasteiger charge is 2.12. The van der Waals surface area contributed by atoms with Crippen LogP contribution in [0.3, 0.4) is 0 Å². The van der Waals surface area contributed by atoms with Crippen LogP contribution < -0.4 is 4.90 Å². The van der Waals surface area contributed by atoms with E-state index in [9.17, 15) is 14.3 Å². The van der Waals surface area contributed by atoms with E-state index in [-0.39, 0.29) is 18.8 Å². The zero-order valence-electron chi connectivity index (χ0n) is 8.93. The number of aliphatic carboxylic acids is 1. The Morgan fingerprint density at radius 3 is 2.50 bits per heavy atom. The fraction of sp³-hybridized carbons (Fsp3) is 0.364. The zero-order chi connectivity index (χ0) is 12.1. The maximum absolute atomic E-state index is 12.6. The van der Waals surface area contributed by atoms with Gasteiger partial charge >= 0.3 is 5.97 Å². The molecule has 1 aromatic rings. The molecule has 4 nitrogen and oxygen atoms in total. The summed E-state index contributed by atoms with van der Waals surface area (Å²) in [4.78, 5) is 12.0. The van der Waals surface area contributed by atoms with Crippen LogP contribution in [-0.4, -0.2) is 35.9 Å². The Morgan fingerprint density at radius 2 is 2.00 bits per heavy atom. The van der Waals surface area contributed by atoms with Crippen LogP contribution >= 0.6 is 0 Å². The highest BCUT2D eigenvalue weighted by atomic mass is 19.1. The number of anilines is 1. The zero-order valence-corrected chi connectivity index (χ0v) is 8.93. The summed E-state index contributed by atoms with van der Waals surface area (Å²) in [5, 5.41) is 17.9. The van der Waals surface area contributed by atoms with E-state index in [0.717, 1.165) is 5.69 Å². The lowest BCUT2D eigenvalue weighted by atomic mass is 10.2. The van der Waals surface area contributed by atoms with Gasteiger partial charge in [0.2, 0.25) is 0 Å². The molecule has 16 heavy (non-hydrogen) atoms. The molecule has 0 saturated carbocycles. The minimum atomic E-state index is -1.04. The Hall–Kier alpha value is -1.62. The average Bonchev–Trinajstić information content (AvgIpc) is 2.16. The molecule has 0 heterocycles. The molecule has 88 valence electrons. The van der Waals surface area contributed by atoms with Crippen molar-refractivity contribution in [3.63, 3.8) is 0 Å². The molecule has 1 rings (SSSR count). The second-order valence-electron chi connectivity index (χ2n) is 3.61. The Kier molecular flexibility index (Phi) is 4.25. The van der Waals surface area contributed by atoms with Crippen molar-refractivity contribution in [2.24, 2.45) is 0 Å². The molecule has 0 saturated heterocycles. The van der Waals surface area contributed by atoms with Crippen LogP contribution in [0.15, 0.2) is 24.3 Å². The quantitative estimate of drug-likeness (QED) is 0.790. The van der Waals surface area contributed by atoms with Crippen molar-refractivity contribution in [2.75, 3.05) is 18.5 Å². The molecular weight excluding hydrogens is 213 g/mol. The van der Waals surface area contributed by atoms with Gasteiger partial charge in [0, 0.05) is 19.3 Å². The summed E-state index contributed by atoms with van der Waals surface area (Å²) in [6.07, 6.45) is -1.24. The molecule has 1 atom stereocenters. The summed E-state index contributed by atoms with van der Waals surface area (Å²) in [5.74, 6) is -1.37. The van der Waals surface area contributed by atoms with Crippen LogP contribution in [0, 0.1) is 5.82 Å². The molecule has 2 N–H and O–H groups in total. The molecule has 1 unspecified atom stereocenters. The number of halogens is 1. The molecule has 0 spiro atoms. The van der Waals surface area contributed by atoms with Gasteiger partial charge in [0.15, 0.2) is 0 Å². The summed E-state index contributed by atoms with van der Waals surface area (Å²) >= 11 is 0. The molecule has 0 bridgehead atoms. The van der Waals surface area contributed by atoms with Gasteiger partial charge in [0.05, 0.1) is 12.5 Å². The second-order valence-corrected chi connectivity index (χ2v) is 3.61. The van der Waals surface area contributed by atoms with Crippen LogP contribution in [0.2, 0.25) is 0 Å². The van der Waals surface area contributed by atoms with Crippen LogP contribution in [0.5, 0.6) is 0 Å². The highest BCUT2D eigenvalue weighted by Crippen LogP contribution is 2.13. The van der Waals surface area contributed by atoms with Gasteiger partial charge in [-0.1, -0.05) is 0 Å². The number of aliphatic hydroxyl groups is 1. The number of carbonyl (C=O) groups is 1. The summed E-state index contributed by atoms with van der Waals surface area (Å²) in [6, 6.07) is 5.77. The minimum absolute atomic E-state index is 0.192. The predicted octanol–water partition coefficient (Wildman–Crippen LogP) is 1.10. The lowest BCUT2D eigenvalue weighted by Gasteiger charge is -2.21. The fourth-order valence-electron chi connectivity index (χ4n) is 1.38. The molecular formula is C11H14FNO3. The number of aliphatic hydroxyl groups excluding tert-OH is 1. The fourth-order valence-corrected chi connectivity index (χ4v) is 1.38. The molecule has 1 aromatic carbocycles. The molecule has 0 radical (unpaired) electrons. The Balaban J connectivity index is 2.54. The van der Waals surface area contributed by atoms with E-state index in [4.69, 9.17) is 5.11 Å². The SMILES string of the molecule is CN(CC(O)CC(=O)O)c1ccc(F)cc1. The van der Waals surface area contributed by atoms with E-state index in [1.165, 1.54) is 12.1 Å². The van der Waals surface area contributed by atoms with Crippen LogP contribution in [-0.2, 0) is 4.79 Å². The van der Waals surface area contributed by atoms with Gasteiger partial charge in [-0.05, 0) is 24.3 Å². The first-order chi connectivity index (χ1) is 7.49. The van der Waals surface area contributed by atoms with E-state index in [1.54, 1.807) is 24.1 Å². The van der Waals surface area contributed by atoms with Crippen molar-refractivity contribution < 1.29 is 19.4 Å². The van der Waals surface area contributed by atoms with E-state index in [1.807, 2.05) is 0 Å². The number of hydrogen-bond acceptors (Lipinski definition) is 3. The monoisotopic (exact) mass is 227 g/mol. The van der Waals surface area contributed by atoms with Crippen molar-refractivity contribution in [3.8, 4) is 0 Å². The third-order valence-corrected chi connectivity index (χ3v) is 2.16. The first-order valence-electron chi connectivity index (χ1n) is 4.85. The van der Waals surface area contributed by atoms with Crippen molar-refractivity contribution >= 4 is 11.7 Å². The first-order valence-corrected chi connectivity index (χ1v) is 4.85. The van der Waals surface area contributed by atoms with E-state index in [2.05, 4.69) is 0 Å². The molecule has 0 fully saturated rings. The van der Waals surface area contributed by atoms with E-state index < -0.39 is 12.1 Å². The third-order valence-electron chi connectivity index (χ3n) is 2.16. The maximum atomic E-state index is 12.6. The number of benzene rings is 1.